The van der Waals surface area contributed by atoms with Crippen molar-refractivity contribution >= 4 is 23.1 Å². The Kier molecular flexibility index (Phi) is 3.73. The maximum Gasteiger partial charge on any atom is 0.329 e. The molecule has 8 nitrogen and oxygen atoms in total. The average molecular weight is 300 g/mol. The molecular weight excluding hydrogens is 284 g/mol. The lowest BCUT2D eigenvalue weighted by Gasteiger charge is -2.27. The number of para-hydroxylation sites is 1. The van der Waals surface area contributed by atoms with E-state index < -0.39 is 4.92 Å². The SMILES string of the molecule is Nc1nc(NC[C@@H]2CCc3ccccc3N2)ncc1[N+](=O)[O-]. The zero-order valence-electron chi connectivity index (χ0n) is 11.8. The molecule has 1 aliphatic heterocycles. The third-order valence-corrected chi connectivity index (χ3v) is 3.64. The van der Waals surface area contributed by atoms with E-state index in [1.165, 1.54) is 5.56 Å². The van der Waals surface area contributed by atoms with Crippen molar-refractivity contribution in [2.75, 3.05) is 22.9 Å². The first kappa shape index (κ1) is 14.1. The number of aryl methyl sites for hydroxylation is 1. The highest BCUT2D eigenvalue weighted by Crippen LogP contribution is 2.24. The summed E-state index contributed by atoms with van der Waals surface area (Å²) in [5.41, 5.74) is 7.72. The number of rotatable bonds is 4. The van der Waals surface area contributed by atoms with E-state index in [0.717, 1.165) is 24.7 Å². The maximum absolute atomic E-state index is 10.7. The molecule has 0 amide bonds. The fraction of sp³-hybridized carbons (Fsp3) is 0.286. The second-order valence-corrected chi connectivity index (χ2v) is 5.14. The number of nitrogens with zero attached hydrogens (tertiary/aromatic N) is 3. The number of nitrogens with one attached hydrogen (secondary N) is 2. The second kappa shape index (κ2) is 5.84. The van der Waals surface area contributed by atoms with Crippen molar-refractivity contribution in [2.24, 2.45) is 0 Å². The monoisotopic (exact) mass is 300 g/mol. The molecular formula is C14H16N6O2. The van der Waals surface area contributed by atoms with Gasteiger partial charge in [-0.15, -0.1) is 0 Å². The Balaban J connectivity index is 1.62. The van der Waals surface area contributed by atoms with Crippen LogP contribution in [0.5, 0.6) is 0 Å². The molecule has 0 unspecified atom stereocenters. The Labute approximate surface area is 126 Å². The molecule has 1 aromatic heterocycles. The predicted octanol–water partition coefficient (Wildman–Crippen LogP) is 1.81. The molecule has 0 fully saturated rings. The van der Waals surface area contributed by atoms with Gasteiger partial charge in [0.1, 0.15) is 6.20 Å². The first-order valence-corrected chi connectivity index (χ1v) is 6.98. The molecule has 2 heterocycles. The standard InChI is InChI=1S/C14H16N6O2/c15-13-12(20(21)22)8-17-14(19-13)16-7-10-6-5-9-3-1-2-4-11(9)18-10/h1-4,8,10,18H,5-7H2,(H3,15,16,17,19)/t10-/m0/s1. The molecule has 0 aliphatic carbocycles. The van der Waals surface area contributed by atoms with E-state index in [-0.39, 0.29) is 17.5 Å². The van der Waals surface area contributed by atoms with Gasteiger partial charge in [0.2, 0.25) is 11.8 Å². The van der Waals surface area contributed by atoms with Gasteiger partial charge < -0.3 is 16.4 Å². The van der Waals surface area contributed by atoms with E-state index in [4.69, 9.17) is 5.73 Å². The second-order valence-electron chi connectivity index (χ2n) is 5.14. The summed E-state index contributed by atoms with van der Waals surface area (Å²) in [6, 6.07) is 8.46. The van der Waals surface area contributed by atoms with E-state index in [0.29, 0.717) is 12.5 Å². The van der Waals surface area contributed by atoms with Crippen LogP contribution >= 0.6 is 0 Å². The summed E-state index contributed by atoms with van der Waals surface area (Å²) in [5, 5.41) is 17.2. The molecule has 0 spiro atoms. The van der Waals surface area contributed by atoms with Crippen LogP contribution in [0.3, 0.4) is 0 Å². The van der Waals surface area contributed by atoms with Gasteiger partial charge in [-0.05, 0) is 24.5 Å². The number of benzene rings is 1. The van der Waals surface area contributed by atoms with Crippen molar-refractivity contribution in [1.29, 1.82) is 0 Å². The van der Waals surface area contributed by atoms with Crippen LogP contribution in [0, 0.1) is 10.1 Å². The minimum atomic E-state index is -0.598. The highest BCUT2D eigenvalue weighted by molar-refractivity contribution is 5.55. The molecule has 22 heavy (non-hydrogen) atoms. The van der Waals surface area contributed by atoms with Crippen molar-refractivity contribution in [3.63, 3.8) is 0 Å². The lowest BCUT2D eigenvalue weighted by atomic mass is 9.98. The van der Waals surface area contributed by atoms with E-state index in [9.17, 15) is 10.1 Å². The summed E-state index contributed by atoms with van der Waals surface area (Å²) in [6.07, 6.45) is 3.12. The van der Waals surface area contributed by atoms with Crippen LogP contribution in [-0.4, -0.2) is 27.5 Å². The Morgan fingerprint density at radius 1 is 1.45 bits per heavy atom. The summed E-state index contributed by atoms with van der Waals surface area (Å²) in [6.45, 7) is 0.617. The average Bonchev–Trinajstić information content (AvgIpc) is 2.52. The van der Waals surface area contributed by atoms with E-state index >= 15 is 0 Å². The van der Waals surface area contributed by atoms with Crippen LogP contribution in [0.1, 0.15) is 12.0 Å². The molecule has 0 bridgehead atoms. The van der Waals surface area contributed by atoms with Gasteiger partial charge >= 0.3 is 5.69 Å². The maximum atomic E-state index is 10.7. The van der Waals surface area contributed by atoms with E-state index in [1.807, 2.05) is 12.1 Å². The quantitative estimate of drug-likeness (QED) is 0.582. The first-order valence-electron chi connectivity index (χ1n) is 6.98. The fourth-order valence-corrected chi connectivity index (χ4v) is 2.48. The van der Waals surface area contributed by atoms with Crippen molar-refractivity contribution in [2.45, 2.75) is 18.9 Å². The van der Waals surface area contributed by atoms with Gasteiger partial charge in [-0.3, -0.25) is 10.1 Å². The van der Waals surface area contributed by atoms with Crippen molar-refractivity contribution in [3.05, 3.63) is 46.1 Å². The molecule has 4 N–H and O–H groups in total. The lowest BCUT2D eigenvalue weighted by molar-refractivity contribution is -0.384. The largest absolute Gasteiger partial charge is 0.380 e. The number of hydrogen-bond donors (Lipinski definition) is 3. The smallest absolute Gasteiger partial charge is 0.329 e. The van der Waals surface area contributed by atoms with Crippen LogP contribution in [0.15, 0.2) is 30.5 Å². The highest BCUT2D eigenvalue weighted by atomic mass is 16.6. The number of fused-ring (bicyclic) bond motifs is 1. The molecule has 0 saturated heterocycles. The molecule has 114 valence electrons. The molecule has 0 radical (unpaired) electrons. The summed E-state index contributed by atoms with van der Waals surface area (Å²) in [5.74, 6) is 0.160. The summed E-state index contributed by atoms with van der Waals surface area (Å²) in [4.78, 5) is 17.9. The summed E-state index contributed by atoms with van der Waals surface area (Å²) >= 11 is 0. The van der Waals surface area contributed by atoms with Crippen LogP contribution in [-0.2, 0) is 6.42 Å². The lowest BCUT2D eigenvalue weighted by Crippen LogP contribution is -2.32. The molecule has 1 atom stereocenters. The molecule has 8 heteroatoms. The molecule has 3 rings (SSSR count). The van der Waals surface area contributed by atoms with Gasteiger partial charge in [0.15, 0.2) is 0 Å². The third-order valence-electron chi connectivity index (χ3n) is 3.64. The molecule has 1 aliphatic rings. The number of anilines is 3. The van der Waals surface area contributed by atoms with Gasteiger partial charge in [-0.25, -0.2) is 4.98 Å². The van der Waals surface area contributed by atoms with Crippen LogP contribution in [0.4, 0.5) is 23.1 Å². The minimum absolute atomic E-state index is 0.135. The van der Waals surface area contributed by atoms with Gasteiger partial charge in [0.25, 0.3) is 0 Å². The van der Waals surface area contributed by atoms with Crippen molar-refractivity contribution in [3.8, 4) is 0 Å². The number of nitrogens with two attached hydrogens (primary N) is 1. The number of nitro groups is 1. The first-order chi connectivity index (χ1) is 10.6. The number of nitrogen functional groups attached to an aromatic ring is 1. The Bertz CT molecular complexity index is 705. The molecule has 2 aromatic rings. The summed E-state index contributed by atoms with van der Waals surface area (Å²) < 4.78 is 0. The van der Waals surface area contributed by atoms with E-state index in [1.54, 1.807) is 0 Å². The third kappa shape index (κ3) is 2.90. The summed E-state index contributed by atoms with van der Waals surface area (Å²) in [7, 11) is 0. The normalized spacial score (nSPS) is 16.5. The molecule has 1 aromatic carbocycles. The van der Waals surface area contributed by atoms with Gasteiger partial charge in [0, 0.05) is 18.3 Å². The minimum Gasteiger partial charge on any atom is -0.380 e. The van der Waals surface area contributed by atoms with Crippen LogP contribution < -0.4 is 16.4 Å². The number of aromatic nitrogens is 2. The van der Waals surface area contributed by atoms with Crippen molar-refractivity contribution in [1.82, 2.24) is 9.97 Å². The van der Waals surface area contributed by atoms with Gasteiger partial charge in [-0.1, -0.05) is 18.2 Å². The van der Waals surface area contributed by atoms with Gasteiger partial charge in [-0.2, -0.15) is 4.98 Å². The van der Waals surface area contributed by atoms with Crippen LogP contribution in [0.2, 0.25) is 0 Å². The number of hydrogen-bond acceptors (Lipinski definition) is 7. The zero-order valence-corrected chi connectivity index (χ0v) is 11.8. The fourth-order valence-electron chi connectivity index (χ4n) is 2.48. The topological polar surface area (TPSA) is 119 Å². The zero-order chi connectivity index (χ0) is 15.5. The van der Waals surface area contributed by atoms with Gasteiger partial charge in [0.05, 0.1) is 4.92 Å². The van der Waals surface area contributed by atoms with E-state index in [2.05, 4.69) is 32.7 Å². The molecule has 0 saturated carbocycles. The Morgan fingerprint density at radius 2 is 2.27 bits per heavy atom. The Hall–Kier alpha value is -2.90. The van der Waals surface area contributed by atoms with Crippen LogP contribution in [0.25, 0.3) is 0 Å². The predicted molar refractivity (Wildman–Crippen MR) is 83.8 cm³/mol. The highest BCUT2D eigenvalue weighted by Gasteiger charge is 2.18. The Morgan fingerprint density at radius 3 is 3.05 bits per heavy atom. The van der Waals surface area contributed by atoms with Crippen molar-refractivity contribution < 1.29 is 4.92 Å².